The Morgan fingerprint density at radius 2 is 1.61 bits per heavy atom. The molecule has 0 bridgehead atoms. The van der Waals surface area contributed by atoms with Crippen LogP contribution in [0.5, 0.6) is 5.75 Å². The number of hydrogen-bond acceptors (Lipinski definition) is 4. The number of ketones is 1. The minimum Gasteiger partial charge on any atom is -0.491 e. The van der Waals surface area contributed by atoms with Crippen LogP contribution in [0.1, 0.15) is 54.4 Å². The average Bonchev–Trinajstić information content (AvgIpc) is 2.76. The van der Waals surface area contributed by atoms with Crippen molar-refractivity contribution in [3.63, 3.8) is 0 Å². The number of benzene rings is 1. The summed E-state index contributed by atoms with van der Waals surface area (Å²) >= 11 is 0. The number of rotatable bonds is 9. The van der Waals surface area contributed by atoms with Gasteiger partial charge in [0.1, 0.15) is 19.0 Å². The number of nitrogens with zero attached hydrogens (tertiary/aromatic N) is 1. The minimum absolute atomic E-state index is 0.0148. The van der Waals surface area contributed by atoms with Gasteiger partial charge in [-0.3, -0.25) is 9.78 Å². The summed E-state index contributed by atoms with van der Waals surface area (Å²) in [5.74, 6) is 0.910. The molecule has 0 aliphatic rings. The molecule has 0 unspecified atom stereocenters. The fraction of sp³-hybridized carbons (Fsp3) is 0.500. The van der Waals surface area contributed by atoms with Gasteiger partial charge in [0.05, 0.1) is 6.61 Å². The summed E-state index contributed by atoms with van der Waals surface area (Å²) in [6.45, 7) is 13.1. The van der Waals surface area contributed by atoms with Gasteiger partial charge in [0.15, 0.2) is 5.78 Å². The molecule has 0 aliphatic heterocycles. The molecule has 4 heteroatoms. The summed E-state index contributed by atoms with van der Waals surface area (Å²) in [6.07, 6.45) is 6.22. The second-order valence-electron chi connectivity index (χ2n) is 6.29. The average molecular weight is 388 g/mol. The first kappa shape index (κ1) is 25.8. The van der Waals surface area contributed by atoms with Gasteiger partial charge in [-0.1, -0.05) is 72.6 Å². The van der Waals surface area contributed by atoms with E-state index < -0.39 is 0 Å². The van der Waals surface area contributed by atoms with Crippen molar-refractivity contribution < 1.29 is 14.3 Å². The zero-order valence-electron chi connectivity index (χ0n) is 18.4. The van der Waals surface area contributed by atoms with Crippen LogP contribution in [-0.4, -0.2) is 30.6 Å². The van der Waals surface area contributed by atoms with Crippen LogP contribution >= 0.6 is 0 Å². The third-order valence-corrected chi connectivity index (χ3v) is 3.73. The molecule has 1 aromatic carbocycles. The predicted molar refractivity (Wildman–Crippen MR) is 118 cm³/mol. The Hall–Kier alpha value is -2.20. The highest BCUT2D eigenvalue weighted by Crippen LogP contribution is 2.21. The molecule has 156 valence electrons. The molecule has 0 aliphatic carbocycles. The van der Waals surface area contributed by atoms with Gasteiger partial charge >= 0.3 is 0 Å². The summed E-state index contributed by atoms with van der Waals surface area (Å²) in [6, 6.07) is 11.8. The van der Waals surface area contributed by atoms with Crippen LogP contribution in [0.15, 0.2) is 48.8 Å². The lowest BCUT2D eigenvalue weighted by molar-refractivity contribution is -0.126. The fourth-order valence-corrected chi connectivity index (χ4v) is 1.84. The van der Waals surface area contributed by atoms with Gasteiger partial charge in [-0.15, -0.1) is 0 Å². The summed E-state index contributed by atoms with van der Waals surface area (Å²) < 4.78 is 10.9. The third-order valence-electron chi connectivity index (χ3n) is 3.73. The topological polar surface area (TPSA) is 48.4 Å². The van der Waals surface area contributed by atoms with Gasteiger partial charge in [-0.25, -0.2) is 0 Å². The smallest absolute Gasteiger partial charge is 0.160 e. The number of hydrogen-bond donors (Lipinski definition) is 0. The summed E-state index contributed by atoms with van der Waals surface area (Å²) in [5.41, 5.74) is 2.17. The molecule has 0 radical (unpaired) electrons. The zero-order chi connectivity index (χ0) is 21.2. The molecule has 0 amide bonds. The van der Waals surface area contributed by atoms with Crippen LogP contribution in [0.25, 0.3) is 11.1 Å². The normalized spacial score (nSPS) is 9.68. The maximum atomic E-state index is 11.4. The fourth-order valence-electron chi connectivity index (χ4n) is 1.84. The quantitative estimate of drug-likeness (QED) is 0.481. The largest absolute Gasteiger partial charge is 0.491 e. The van der Waals surface area contributed by atoms with E-state index in [-0.39, 0.29) is 18.3 Å². The number of carbonyl (C=O) groups excluding carboxylic acids is 1. The van der Waals surface area contributed by atoms with Crippen molar-refractivity contribution in [3.8, 4) is 16.9 Å². The van der Waals surface area contributed by atoms with E-state index in [4.69, 9.17) is 9.47 Å². The van der Waals surface area contributed by atoms with Crippen molar-refractivity contribution in [2.45, 2.75) is 54.4 Å². The highest BCUT2D eigenvalue weighted by atomic mass is 16.5. The number of unbranched alkanes of at least 4 members (excludes halogenated alkanes) is 1. The summed E-state index contributed by atoms with van der Waals surface area (Å²) in [5, 5.41) is 0. The molecule has 2 rings (SSSR count). The lowest BCUT2D eigenvalue weighted by Crippen LogP contribution is -2.17. The number of aromatic nitrogens is 1. The number of carbonyl (C=O) groups is 1. The van der Waals surface area contributed by atoms with E-state index >= 15 is 0 Å². The van der Waals surface area contributed by atoms with Crippen molar-refractivity contribution in [1.29, 1.82) is 0 Å². The second-order valence-corrected chi connectivity index (χ2v) is 6.29. The van der Waals surface area contributed by atoms with Crippen molar-refractivity contribution in [2.24, 2.45) is 5.92 Å². The Morgan fingerprint density at radius 3 is 2.11 bits per heavy atom. The minimum atomic E-state index is 0.0148. The maximum Gasteiger partial charge on any atom is 0.160 e. The van der Waals surface area contributed by atoms with E-state index in [1.165, 1.54) is 12.8 Å². The van der Waals surface area contributed by atoms with Gasteiger partial charge in [0.25, 0.3) is 0 Å². The number of pyridine rings is 1. The summed E-state index contributed by atoms with van der Waals surface area (Å²) in [4.78, 5) is 15.5. The van der Waals surface area contributed by atoms with Gasteiger partial charge in [0, 0.05) is 18.3 Å². The van der Waals surface area contributed by atoms with Crippen LogP contribution in [0.3, 0.4) is 0 Å². The van der Waals surface area contributed by atoms with Crippen molar-refractivity contribution in [1.82, 2.24) is 4.98 Å². The molecule has 0 saturated carbocycles. The Kier molecular flexibility index (Phi) is 15.6. The van der Waals surface area contributed by atoms with Crippen LogP contribution in [0.4, 0.5) is 0 Å². The van der Waals surface area contributed by atoms with E-state index in [2.05, 4.69) is 18.8 Å². The Balaban J connectivity index is 0.00000108. The highest BCUT2D eigenvalue weighted by Gasteiger charge is 2.06. The lowest BCUT2D eigenvalue weighted by atomic mass is 10.1. The molecule has 28 heavy (non-hydrogen) atoms. The standard InChI is InChI=1S/C18H21NO3.C4H10.C2H6/c1-14(2)18(20)13-21-10-11-22-17-7-5-15(6-8-17)16-4-3-9-19-12-16;1-3-4-2;1-2/h3-9,12,14H,10-11,13H2,1-2H3;3-4H2,1-2H3;1-2H3. The molecule has 4 nitrogen and oxygen atoms in total. The molecule has 0 fully saturated rings. The molecule has 1 heterocycles. The van der Waals surface area contributed by atoms with Crippen molar-refractivity contribution >= 4 is 5.78 Å². The SMILES string of the molecule is CC.CC(C)C(=O)COCCOc1ccc(-c2cccnc2)cc1.CCCC. The molecule has 0 atom stereocenters. The zero-order valence-corrected chi connectivity index (χ0v) is 18.4. The van der Waals surface area contributed by atoms with E-state index in [1.807, 2.05) is 70.3 Å². The number of ether oxygens (including phenoxy) is 2. The first-order valence-electron chi connectivity index (χ1n) is 10.3. The molecule has 0 N–H and O–H groups in total. The van der Waals surface area contributed by atoms with Gasteiger partial charge in [0.2, 0.25) is 0 Å². The maximum absolute atomic E-state index is 11.4. The summed E-state index contributed by atoms with van der Waals surface area (Å²) in [7, 11) is 0. The van der Waals surface area contributed by atoms with Crippen LogP contribution < -0.4 is 4.74 Å². The van der Waals surface area contributed by atoms with Crippen molar-refractivity contribution in [2.75, 3.05) is 19.8 Å². The van der Waals surface area contributed by atoms with Crippen molar-refractivity contribution in [3.05, 3.63) is 48.8 Å². The van der Waals surface area contributed by atoms with Gasteiger partial charge in [-0.2, -0.15) is 0 Å². The van der Waals surface area contributed by atoms with Gasteiger partial charge < -0.3 is 9.47 Å². The molecular weight excluding hydrogens is 350 g/mol. The van der Waals surface area contributed by atoms with Gasteiger partial charge in [-0.05, 0) is 29.3 Å². The second kappa shape index (κ2) is 16.9. The molecule has 1 aromatic heterocycles. The first-order valence-corrected chi connectivity index (χ1v) is 10.3. The van der Waals surface area contributed by atoms with E-state index in [0.717, 1.165) is 16.9 Å². The highest BCUT2D eigenvalue weighted by molar-refractivity contribution is 5.81. The predicted octanol–water partition coefficient (Wildman–Crippen LogP) is 6.20. The van der Waals surface area contributed by atoms with Crippen LogP contribution in [0.2, 0.25) is 0 Å². The van der Waals surface area contributed by atoms with E-state index in [0.29, 0.717) is 13.2 Å². The molecule has 2 aromatic rings. The Morgan fingerprint density at radius 1 is 0.964 bits per heavy atom. The molecular formula is C24H37NO3. The number of Topliss-reactive ketones (excluding diaryl/α,β-unsaturated/α-hetero) is 1. The molecule has 0 spiro atoms. The lowest BCUT2D eigenvalue weighted by Gasteiger charge is -2.08. The van der Waals surface area contributed by atoms with E-state index in [9.17, 15) is 4.79 Å². The van der Waals surface area contributed by atoms with E-state index in [1.54, 1.807) is 6.20 Å². The first-order chi connectivity index (χ1) is 13.6. The van der Waals surface area contributed by atoms with Crippen LogP contribution in [-0.2, 0) is 9.53 Å². The Labute approximate surface area is 171 Å². The van der Waals surface area contributed by atoms with Crippen LogP contribution in [0, 0.1) is 5.92 Å². The molecule has 0 saturated heterocycles. The Bertz CT molecular complexity index is 608. The third kappa shape index (κ3) is 11.5. The monoisotopic (exact) mass is 387 g/mol.